The van der Waals surface area contributed by atoms with Crippen LogP contribution in [0.3, 0.4) is 0 Å². The summed E-state index contributed by atoms with van der Waals surface area (Å²) >= 11 is 0. The second-order valence-electron chi connectivity index (χ2n) is 0. The third-order valence-corrected chi connectivity index (χ3v) is 0. The van der Waals surface area contributed by atoms with Crippen LogP contribution in [-0.2, 0) is 38.3 Å². The molecule has 0 atom stereocenters. The minimum Gasteiger partial charge on any atom is -2.00 e. The first kappa shape index (κ1) is 246. The molecule has 0 spiro atoms. The maximum absolute atomic E-state index is 0. The summed E-state index contributed by atoms with van der Waals surface area (Å²) in [5.74, 6) is 0. The van der Waals surface area contributed by atoms with Crippen molar-refractivity contribution in [2.24, 2.45) is 0 Å². The van der Waals surface area contributed by atoms with Gasteiger partial charge in [0.25, 0.3) is 0 Å². The average molecular weight is 352 g/mol. The van der Waals surface area contributed by atoms with E-state index >= 15 is 0 Å². The van der Waals surface area contributed by atoms with Crippen LogP contribution in [0.2, 0.25) is 0 Å². The summed E-state index contributed by atoms with van der Waals surface area (Å²) in [4.78, 5) is 0. The van der Waals surface area contributed by atoms with E-state index in [-0.39, 0.29) is 179 Å². The van der Waals surface area contributed by atoms with Crippen molar-refractivity contribution in [2.75, 3.05) is 0 Å². The topological polar surface area (TPSA) is 200 Å². The minimum absolute atomic E-state index is 0. The maximum atomic E-state index is 0. The Morgan fingerprint density at radius 1 is 0.308 bits per heavy atom. The van der Waals surface area contributed by atoms with E-state index in [9.17, 15) is 0 Å². The van der Waals surface area contributed by atoms with E-state index < -0.39 is 0 Å². The molecule has 0 bridgehead atoms. The number of hydrogen-bond acceptors (Lipinski definition) is 0. The number of hydrogen-bond donors (Lipinski definition) is 0. The molecular formula is Ge2Mg2Na2O7. The predicted octanol–water partition coefficient (Wildman–Crippen LogP) is -8.35. The second kappa shape index (κ2) is 204. The summed E-state index contributed by atoms with van der Waals surface area (Å²) in [5.41, 5.74) is 0. The summed E-state index contributed by atoms with van der Waals surface area (Å²) in [6.45, 7) is 0. The molecule has 0 aromatic rings. The average Bonchev–Trinajstić information content (AvgIpc) is 0. The monoisotopic (exact) mass is 354 g/mol. The molecule has 0 radical (unpaired) electrons. The summed E-state index contributed by atoms with van der Waals surface area (Å²) in [7, 11) is 0. The van der Waals surface area contributed by atoms with Crippen LogP contribution in [0.5, 0.6) is 0 Å². The molecule has 13 heavy (non-hydrogen) atoms. The Labute approximate surface area is 175 Å². The van der Waals surface area contributed by atoms with Gasteiger partial charge in [-0.1, -0.05) is 0 Å². The largest absolute Gasteiger partial charge is 4.00 e. The van der Waals surface area contributed by atoms with Crippen LogP contribution >= 0.6 is 0 Å². The first-order valence-corrected chi connectivity index (χ1v) is 0. The molecule has 0 saturated carbocycles. The van der Waals surface area contributed by atoms with Gasteiger partial charge in [-0.15, -0.1) is 0 Å². The van der Waals surface area contributed by atoms with Crippen molar-refractivity contribution >= 4 is 81.3 Å². The van der Waals surface area contributed by atoms with Crippen LogP contribution in [-0.4, -0.2) is 81.3 Å². The van der Waals surface area contributed by atoms with E-state index in [1.807, 2.05) is 0 Å². The molecule has 56 valence electrons. The molecule has 0 saturated heterocycles. The van der Waals surface area contributed by atoms with E-state index in [4.69, 9.17) is 0 Å². The Kier molecular flexibility index (Phi) is 3860. The predicted molar refractivity (Wildman–Crippen MR) is 27.8 cm³/mol. The van der Waals surface area contributed by atoms with Crippen LogP contribution < -0.4 is 59.1 Å². The first-order valence-electron chi connectivity index (χ1n) is 0. The third kappa shape index (κ3) is 178. The Hall–Kier alpha value is 4.34. The smallest absolute Gasteiger partial charge is 2.00 e. The van der Waals surface area contributed by atoms with Gasteiger partial charge in [-0.25, -0.2) is 0 Å². The molecular weight excluding hydrogens is 352 g/mol. The third-order valence-electron chi connectivity index (χ3n) is 0. The van der Waals surface area contributed by atoms with E-state index in [1.54, 1.807) is 0 Å². The van der Waals surface area contributed by atoms with Crippen LogP contribution in [0, 0.1) is 0 Å². The fraction of sp³-hybridized carbons (Fsp3) is 0. The van der Waals surface area contributed by atoms with Gasteiger partial charge in [-0.2, -0.15) is 0 Å². The number of rotatable bonds is 0. The zero-order valence-electron chi connectivity index (χ0n) is 7.27. The maximum Gasteiger partial charge on any atom is 4.00 e. The minimum atomic E-state index is 0. The molecule has 7 nitrogen and oxygen atoms in total. The van der Waals surface area contributed by atoms with Crippen molar-refractivity contribution in [3.63, 3.8) is 0 Å². The molecule has 0 heterocycles. The quantitative estimate of drug-likeness (QED) is 0.373. The van der Waals surface area contributed by atoms with Crippen molar-refractivity contribution in [3.8, 4) is 0 Å². The van der Waals surface area contributed by atoms with Gasteiger partial charge in [0.05, 0.1) is 0 Å². The summed E-state index contributed by atoms with van der Waals surface area (Å²) < 4.78 is 0. The molecule has 0 aromatic carbocycles. The van der Waals surface area contributed by atoms with Crippen molar-refractivity contribution in [1.82, 2.24) is 0 Å². The second-order valence-corrected chi connectivity index (χ2v) is 0. The van der Waals surface area contributed by atoms with Gasteiger partial charge in [0, 0.05) is 0 Å². The van der Waals surface area contributed by atoms with Crippen molar-refractivity contribution in [3.05, 3.63) is 0 Å². The molecule has 0 aromatic heterocycles. The summed E-state index contributed by atoms with van der Waals surface area (Å²) in [5, 5.41) is 0. The molecule has 0 unspecified atom stereocenters. The van der Waals surface area contributed by atoms with Gasteiger partial charge in [0.1, 0.15) is 0 Å². The van der Waals surface area contributed by atoms with Gasteiger partial charge in [0.2, 0.25) is 0 Å². The fourth-order valence-electron chi connectivity index (χ4n) is 0. The molecule has 0 aliphatic rings. The molecule has 0 amide bonds. The van der Waals surface area contributed by atoms with Gasteiger partial charge >= 0.3 is 140 Å². The van der Waals surface area contributed by atoms with Crippen molar-refractivity contribution in [2.45, 2.75) is 0 Å². The van der Waals surface area contributed by atoms with E-state index in [0.29, 0.717) is 0 Å². The Morgan fingerprint density at radius 3 is 0.308 bits per heavy atom. The first-order chi connectivity index (χ1) is 0. The SMILES string of the molecule is [Ge+4].[Ge+4].[Mg+2].[Mg+2].[Na+].[Na+].[O-2].[O-2].[O-2].[O-2].[O-2].[O-2].[O-2]. The van der Waals surface area contributed by atoms with Gasteiger partial charge < -0.3 is 38.3 Å². The van der Waals surface area contributed by atoms with E-state index in [1.165, 1.54) is 0 Å². The summed E-state index contributed by atoms with van der Waals surface area (Å²) in [6, 6.07) is 0. The van der Waals surface area contributed by atoms with Crippen LogP contribution in [0.1, 0.15) is 0 Å². The Bertz CT molecular complexity index is 22.5. The molecule has 13 heteroatoms. The van der Waals surface area contributed by atoms with Gasteiger partial charge in [0.15, 0.2) is 0 Å². The molecule has 0 rings (SSSR count). The van der Waals surface area contributed by atoms with E-state index in [0.717, 1.165) is 0 Å². The Balaban J connectivity index is 0. The molecule has 0 aliphatic carbocycles. The van der Waals surface area contributed by atoms with Crippen molar-refractivity contribution < 1.29 is 97.4 Å². The zero-order valence-corrected chi connectivity index (χ0v) is 18.3. The molecule has 0 aliphatic heterocycles. The Morgan fingerprint density at radius 2 is 0.308 bits per heavy atom. The molecule has 0 fully saturated rings. The fourth-order valence-corrected chi connectivity index (χ4v) is 0. The van der Waals surface area contributed by atoms with Gasteiger partial charge in [-0.05, 0) is 0 Å². The zero-order chi connectivity index (χ0) is 0. The van der Waals surface area contributed by atoms with Crippen molar-refractivity contribution in [1.29, 1.82) is 0 Å². The van der Waals surface area contributed by atoms with E-state index in [2.05, 4.69) is 0 Å². The van der Waals surface area contributed by atoms with Crippen LogP contribution in [0.15, 0.2) is 0 Å². The summed E-state index contributed by atoms with van der Waals surface area (Å²) in [6.07, 6.45) is 0. The standard InChI is InChI=1S/2Ge.2Mg.2Na.7O/q2*+4;2*+2;2*+1;7*-2. The molecule has 0 N–H and O–H groups in total. The van der Waals surface area contributed by atoms with Crippen LogP contribution in [0.4, 0.5) is 0 Å². The van der Waals surface area contributed by atoms with Gasteiger partial charge in [-0.3, -0.25) is 0 Å². The normalized spacial score (nSPS) is 0. The van der Waals surface area contributed by atoms with Crippen LogP contribution in [0.25, 0.3) is 0 Å².